The Labute approximate surface area is 128 Å². The van der Waals surface area contributed by atoms with Crippen molar-refractivity contribution in [1.82, 2.24) is 0 Å². The number of halogens is 1. The van der Waals surface area contributed by atoms with Gasteiger partial charge in [-0.2, -0.15) is 0 Å². The highest BCUT2D eigenvalue weighted by atomic mass is 79.9. The van der Waals surface area contributed by atoms with E-state index in [4.69, 9.17) is 9.84 Å². The lowest BCUT2D eigenvalue weighted by atomic mass is 10.2. The fraction of sp³-hybridized carbons (Fsp3) is 0.0714. The molecule has 0 aliphatic carbocycles. The quantitative estimate of drug-likeness (QED) is 0.659. The summed E-state index contributed by atoms with van der Waals surface area (Å²) in [5.74, 6) is -0.163. The van der Waals surface area contributed by atoms with Crippen molar-refractivity contribution >= 4 is 27.6 Å². The summed E-state index contributed by atoms with van der Waals surface area (Å²) in [7, 11) is 0. The third kappa shape index (κ3) is 3.38. The van der Waals surface area contributed by atoms with Crippen molar-refractivity contribution in [3.63, 3.8) is 0 Å². The molecule has 7 heteroatoms. The van der Waals surface area contributed by atoms with Crippen LogP contribution in [-0.2, 0) is 0 Å². The summed E-state index contributed by atoms with van der Waals surface area (Å²) in [5.41, 5.74) is 0.622. The van der Waals surface area contributed by atoms with Crippen molar-refractivity contribution in [2.75, 3.05) is 0 Å². The second-order valence-electron chi connectivity index (χ2n) is 4.26. The number of hydrogen-bond acceptors (Lipinski definition) is 4. The van der Waals surface area contributed by atoms with Gasteiger partial charge in [0.25, 0.3) is 5.69 Å². The Morgan fingerprint density at radius 3 is 2.43 bits per heavy atom. The molecule has 0 bridgehead atoms. The Kier molecular flexibility index (Phi) is 4.23. The summed E-state index contributed by atoms with van der Waals surface area (Å²) in [6.07, 6.45) is 0. The minimum Gasteiger partial charge on any atom is -0.478 e. The number of aryl methyl sites for hydroxylation is 1. The van der Waals surface area contributed by atoms with Crippen LogP contribution in [0.2, 0.25) is 0 Å². The Balaban J connectivity index is 2.29. The van der Waals surface area contributed by atoms with Gasteiger partial charge in [-0.25, -0.2) is 4.79 Å². The fourth-order valence-corrected chi connectivity index (χ4v) is 2.12. The summed E-state index contributed by atoms with van der Waals surface area (Å²) in [6, 6.07) is 8.80. The zero-order valence-corrected chi connectivity index (χ0v) is 12.5. The molecule has 6 nitrogen and oxygen atoms in total. The van der Waals surface area contributed by atoms with Crippen LogP contribution >= 0.6 is 15.9 Å². The average molecular weight is 352 g/mol. The van der Waals surface area contributed by atoms with Crippen LogP contribution < -0.4 is 4.74 Å². The molecule has 1 N–H and O–H groups in total. The predicted molar refractivity (Wildman–Crippen MR) is 79.0 cm³/mol. The first-order valence-electron chi connectivity index (χ1n) is 5.84. The van der Waals surface area contributed by atoms with Crippen molar-refractivity contribution < 1.29 is 19.6 Å². The van der Waals surface area contributed by atoms with Crippen LogP contribution in [0, 0.1) is 17.0 Å². The third-order valence-electron chi connectivity index (χ3n) is 2.78. The number of carbonyl (C=O) groups is 1. The number of aromatic carboxylic acids is 1. The number of nitro groups is 1. The maximum absolute atomic E-state index is 10.8. The van der Waals surface area contributed by atoms with E-state index in [0.717, 1.165) is 0 Å². The Morgan fingerprint density at radius 2 is 1.90 bits per heavy atom. The molecule has 0 radical (unpaired) electrons. The first-order chi connectivity index (χ1) is 9.88. The van der Waals surface area contributed by atoms with Crippen molar-refractivity contribution in [3.05, 3.63) is 62.1 Å². The highest BCUT2D eigenvalue weighted by Crippen LogP contribution is 2.35. The third-order valence-corrected chi connectivity index (χ3v) is 3.40. The Morgan fingerprint density at radius 1 is 1.29 bits per heavy atom. The topological polar surface area (TPSA) is 89.7 Å². The first kappa shape index (κ1) is 15.0. The molecule has 21 heavy (non-hydrogen) atoms. The van der Waals surface area contributed by atoms with E-state index < -0.39 is 10.9 Å². The molecule has 0 heterocycles. The molecule has 0 atom stereocenters. The van der Waals surface area contributed by atoms with E-state index in [1.54, 1.807) is 13.0 Å². The number of hydrogen-bond donors (Lipinski definition) is 1. The zero-order chi connectivity index (χ0) is 15.6. The number of nitro benzene ring substituents is 1. The molecular weight excluding hydrogens is 342 g/mol. The van der Waals surface area contributed by atoms with Gasteiger partial charge < -0.3 is 9.84 Å². The normalized spacial score (nSPS) is 10.2. The summed E-state index contributed by atoms with van der Waals surface area (Å²) < 4.78 is 6.04. The standard InChI is InChI=1S/C14H10BrNO5/c1-8-6-13(11(15)7-12(8)16(19)20)21-10-4-2-9(3-5-10)14(17)18/h2-7H,1H3,(H,17,18). The summed E-state index contributed by atoms with van der Waals surface area (Å²) in [4.78, 5) is 21.1. The van der Waals surface area contributed by atoms with Crippen LogP contribution in [0.3, 0.4) is 0 Å². The van der Waals surface area contributed by atoms with Crippen LogP contribution in [0.15, 0.2) is 40.9 Å². The summed E-state index contributed by atoms with van der Waals surface area (Å²) >= 11 is 3.22. The van der Waals surface area contributed by atoms with E-state index in [1.165, 1.54) is 30.3 Å². The van der Waals surface area contributed by atoms with E-state index in [1.807, 2.05) is 0 Å². The van der Waals surface area contributed by atoms with Crippen LogP contribution in [0.25, 0.3) is 0 Å². The SMILES string of the molecule is Cc1cc(Oc2ccc(C(=O)O)cc2)c(Br)cc1[N+](=O)[O-]. The lowest BCUT2D eigenvalue weighted by molar-refractivity contribution is -0.385. The minimum atomic E-state index is -1.02. The molecule has 2 rings (SSSR count). The molecule has 2 aromatic rings. The van der Waals surface area contributed by atoms with Gasteiger partial charge in [-0.3, -0.25) is 10.1 Å². The van der Waals surface area contributed by atoms with Crippen molar-refractivity contribution in [2.24, 2.45) is 0 Å². The van der Waals surface area contributed by atoms with Gasteiger partial charge in [0.15, 0.2) is 0 Å². The Hall–Kier alpha value is -2.41. The molecule has 108 valence electrons. The number of benzene rings is 2. The second kappa shape index (κ2) is 5.92. The average Bonchev–Trinajstić information content (AvgIpc) is 2.42. The van der Waals surface area contributed by atoms with Crippen LogP contribution in [-0.4, -0.2) is 16.0 Å². The molecular formula is C14H10BrNO5. The molecule has 2 aromatic carbocycles. The Bertz CT molecular complexity index is 712. The first-order valence-corrected chi connectivity index (χ1v) is 6.63. The number of carboxylic acid groups (broad SMARTS) is 1. The molecule has 0 aromatic heterocycles. The maximum atomic E-state index is 10.8. The van der Waals surface area contributed by atoms with Crippen molar-refractivity contribution in [1.29, 1.82) is 0 Å². The van der Waals surface area contributed by atoms with E-state index in [-0.39, 0.29) is 11.3 Å². The number of nitrogens with zero attached hydrogens (tertiary/aromatic N) is 1. The van der Waals surface area contributed by atoms with Gasteiger partial charge in [0.2, 0.25) is 0 Å². The monoisotopic (exact) mass is 351 g/mol. The molecule has 0 saturated carbocycles. The van der Waals surface area contributed by atoms with E-state index in [0.29, 0.717) is 21.5 Å². The molecule has 0 saturated heterocycles. The number of rotatable bonds is 4. The van der Waals surface area contributed by atoms with Crippen molar-refractivity contribution in [2.45, 2.75) is 6.92 Å². The lowest BCUT2D eigenvalue weighted by Gasteiger charge is -2.09. The molecule has 0 spiro atoms. The van der Waals surface area contributed by atoms with Gasteiger partial charge in [-0.05, 0) is 53.2 Å². The smallest absolute Gasteiger partial charge is 0.335 e. The lowest BCUT2D eigenvalue weighted by Crippen LogP contribution is -1.96. The van der Waals surface area contributed by atoms with Crippen LogP contribution in [0.5, 0.6) is 11.5 Å². The van der Waals surface area contributed by atoms with Crippen LogP contribution in [0.4, 0.5) is 5.69 Å². The van der Waals surface area contributed by atoms with Gasteiger partial charge in [0.1, 0.15) is 11.5 Å². The maximum Gasteiger partial charge on any atom is 0.335 e. The fourth-order valence-electron chi connectivity index (χ4n) is 1.71. The number of ether oxygens (including phenoxy) is 1. The molecule has 0 aliphatic heterocycles. The highest BCUT2D eigenvalue weighted by molar-refractivity contribution is 9.10. The zero-order valence-electron chi connectivity index (χ0n) is 10.9. The van der Waals surface area contributed by atoms with Crippen LogP contribution in [0.1, 0.15) is 15.9 Å². The van der Waals surface area contributed by atoms with Gasteiger partial charge in [-0.15, -0.1) is 0 Å². The van der Waals surface area contributed by atoms with E-state index in [9.17, 15) is 14.9 Å². The molecule has 0 fully saturated rings. The summed E-state index contributed by atoms with van der Waals surface area (Å²) in [5, 5.41) is 19.6. The van der Waals surface area contributed by atoms with Gasteiger partial charge in [-0.1, -0.05) is 0 Å². The second-order valence-corrected chi connectivity index (χ2v) is 5.11. The summed E-state index contributed by atoms with van der Waals surface area (Å²) in [6.45, 7) is 1.62. The van der Waals surface area contributed by atoms with Gasteiger partial charge in [0, 0.05) is 11.6 Å². The van der Waals surface area contributed by atoms with Gasteiger partial charge >= 0.3 is 5.97 Å². The minimum absolute atomic E-state index is 0.00421. The van der Waals surface area contributed by atoms with Gasteiger partial charge in [0.05, 0.1) is 15.0 Å². The largest absolute Gasteiger partial charge is 0.478 e. The highest BCUT2D eigenvalue weighted by Gasteiger charge is 2.15. The van der Waals surface area contributed by atoms with Crippen molar-refractivity contribution in [3.8, 4) is 11.5 Å². The van der Waals surface area contributed by atoms with E-state index >= 15 is 0 Å². The molecule has 0 aliphatic rings. The number of carboxylic acids is 1. The molecule has 0 unspecified atom stereocenters. The molecule has 0 amide bonds. The predicted octanol–water partition coefficient (Wildman–Crippen LogP) is 4.16. The van der Waals surface area contributed by atoms with E-state index in [2.05, 4.69) is 15.9 Å².